The fraction of sp³-hybridized carbons (Fsp3) is 0.133. The number of methoxy groups -OCH3 is 1. The van der Waals surface area contributed by atoms with Gasteiger partial charge in [0.2, 0.25) is 5.91 Å². The van der Waals surface area contributed by atoms with E-state index in [0.717, 1.165) is 11.1 Å². The van der Waals surface area contributed by atoms with Gasteiger partial charge in [-0.25, -0.2) is 8.42 Å². The molecule has 2 amide bonds. The summed E-state index contributed by atoms with van der Waals surface area (Å²) in [4.78, 5) is 27.3. The van der Waals surface area contributed by atoms with Crippen LogP contribution < -0.4 is 14.8 Å². The number of carbonyl (C=O) groups excluding carboxylic acids is 2. The Balaban J connectivity index is 1.21. The van der Waals surface area contributed by atoms with Crippen LogP contribution in [-0.2, 0) is 21.4 Å². The number of sulfonamides is 1. The molecule has 0 unspecified atom stereocenters. The Bertz CT molecular complexity index is 1640. The van der Waals surface area contributed by atoms with E-state index in [4.69, 9.17) is 16.3 Å². The molecule has 0 bridgehead atoms. The average molecular weight is 608 g/mol. The van der Waals surface area contributed by atoms with E-state index in [-0.39, 0.29) is 22.1 Å². The van der Waals surface area contributed by atoms with Crippen LogP contribution >= 0.6 is 23.4 Å². The van der Waals surface area contributed by atoms with Crippen LogP contribution in [0.4, 0.5) is 11.4 Å². The highest BCUT2D eigenvalue weighted by molar-refractivity contribution is 8.00. The fourth-order valence-electron chi connectivity index (χ4n) is 4.28. The number of hydrogen-bond donors (Lipinski definition) is 2. The van der Waals surface area contributed by atoms with Gasteiger partial charge >= 0.3 is 0 Å². The topological polar surface area (TPSA) is 105 Å². The summed E-state index contributed by atoms with van der Waals surface area (Å²) in [6.07, 6.45) is 0. The van der Waals surface area contributed by atoms with Crippen LogP contribution in [0.5, 0.6) is 5.75 Å². The minimum Gasteiger partial charge on any atom is -0.497 e. The molecular formula is C30H26ClN3O5S2. The van der Waals surface area contributed by atoms with E-state index in [1.165, 1.54) is 31.4 Å². The molecule has 5 rings (SSSR count). The number of rotatable bonds is 9. The van der Waals surface area contributed by atoms with E-state index in [2.05, 4.69) is 10.0 Å². The normalized spacial score (nSPS) is 15.0. The number of hydrogen-bond acceptors (Lipinski definition) is 6. The summed E-state index contributed by atoms with van der Waals surface area (Å²) in [5.41, 5.74) is 3.20. The number of amides is 2. The van der Waals surface area contributed by atoms with Crippen molar-refractivity contribution in [2.24, 2.45) is 0 Å². The van der Waals surface area contributed by atoms with Crippen molar-refractivity contribution >= 4 is 56.6 Å². The molecule has 1 aliphatic heterocycles. The number of nitrogens with one attached hydrogen (secondary N) is 2. The van der Waals surface area contributed by atoms with Gasteiger partial charge in [0.1, 0.15) is 11.1 Å². The quantitative estimate of drug-likeness (QED) is 0.236. The van der Waals surface area contributed by atoms with Crippen LogP contribution in [-0.4, -0.2) is 38.0 Å². The standard InChI is InChI=1S/C30H26ClN3O5S2/c1-39-26-14-10-25(11-15-26)33-41(37,38)27-16-12-24(13-17-27)32-29(36)21-4-6-22(7-5-21)30-34(28(35)19-40-30)18-20-2-8-23(31)9-3-20/h2-17,30,33H,18-19H2,1H3,(H,32,36)/t30-/m1/s1. The Morgan fingerprint density at radius 1 is 0.927 bits per heavy atom. The molecule has 11 heteroatoms. The van der Waals surface area contributed by atoms with Crippen molar-refractivity contribution in [3.8, 4) is 5.75 Å². The second-order valence-electron chi connectivity index (χ2n) is 9.25. The molecule has 0 aromatic heterocycles. The molecule has 0 radical (unpaired) electrons. The zero-order valence-corrected chi connectivity index (χ0v) is 24.3. The molecule has 1 saturated heterocycles. The second kappa shape index (κ2) is 12.3. The molecule has 0 saturated carbocycles. The van der Waals surface area contributed by atoms with Crippen LogP contribution in [0.3, 0.4) is 0 Å². The summed E-state index contributed by atoms with van der Waals surface area (Å²) in [5.74, 6) is 0.728. The van der Waals surface area contributed by atoms with Crippen molar-refractivity contribution in [1.82, 2.24) is 4.90 Å². The number of nitrogens with zero attached hydrogens (tertiary/aromatic N) is 1. The molecule has 210 valence electrons. The summed E-state index contributed by atoms with van der Waals surface area (Å²) in [7, 11) is -2.28. The molecule has 1 aliphatic rings. The van der Waals surface area contributed by atoms with Gasteiger partial charge in [0, 0.05) is 28.5 Å². The maximum absolute atomic E-state index is 12.9. The monoisotopic (exact) mass is 607 g/mol. The largest absolute Gasteiger partial charge is 0.497 e. The Hall–Kier alpha value is -3.99. The van der Waals surface area contributed by atoms with Crippen molar-refractivity contribution in [1.29, 1.82) is 0 Å². The molecule has 1 heterocycles. The van der Waals surface area contributed by atoms with Crippen LogP contribution in [0.1, 0.15) is 26.9 Å². The predicted molar refractivity (Wildman–Crippen MR) is 162 cm³/mol. The molecule has 8 nitrogen and oxygen atoms in total. The molecule has 2 N–H and O–H groups in total. The summed E-state index contributed by atoms with van der Waals surface area (Å²) in [6.45, 7) is 0.469. The lowest BCUT2D eigenvalue weighted by Crippen LogP contribution is -2.27. The summed E-state index contributed by atoms with van der Waals surface area (Å²) < 4.78 is 33.1. The van der Waals surface area contributed by atoms with Crippen molar-refractivity contribution < 1.29 is 22.7 Å². The van der Waals surface area contributed by atoms with Gasteiger partial charge in [-0.15, -0.1) is 11.8 Å². The second-order valence-corrected chi connectivity index (χ2v) is 12.4. The third-order valence-corrected chi connectivity index (χ3v) is 9.36. The highest BCUT2D eigenvalue weighted by Crippen LogP contribution is 2.39. The van der Waals surface area contributed by atoms with Crippen LogP contribution in [0.2, 0.25) is 5.02 Å². The highest BCUT2D eigenvalue weighted by Gasteiger charge is 2.32. The van der Waals surface area contributed by atoms with Gasteiger partial charge in [0.15, 0.2) is 0 Å². The van der Waals surface area contributed by atoms with E-state index in [1.807, 2.05) is 29.2 Å². The summed E-state index contributed by atoms with van der Waals surface area (Å²) in [6, 6.07) is 27.0. The highest BCUT2D eigenvalue weighted by atomic mass is 35.5. The first-order valence-corrected chi connectivity index (χ1v) is 15.5. The number of ether oxygens (including phenoxy) is 1. The Kier molecular flexibility index (Phi) is 8.53. The van der Waals surface area contributed by atoms with Crippen LogP contribution in [0.25, 0.3) is 0 Å². The third kappa shape index (κ3) is 6.84. The number of halogens is 1. The van der Waals surface area contributed by atoms with Gasteiger partial charge in [-0.2, -0.15) is 0 Å². The molecule has 4 aromatic rings. The van der Waals surface area contributed by atoms with Crippen molar-refractivity contribution in [2.45, 2.75) is 16.8 Å². The van der Waals surface area contributed by atoms with Gasteiger partial charge in [-0.05, 0) is 83.9 Å². The molecule has 0 aliphatic carbocycles. The number of benzene rings is 4. The maximum atomic E-state index is 12.9. The molecule has 4 aromatic carbocycles. The Morgan fingerprint density at radius 2 is 1.56 bits per heavy atom. The predicted octanol–water partition coefficient (Wildman–Crippen LogP) is 6.18. The molecule has 0 spiro atoms. The van der Waals surface area contributed by atoms with Gasteiger partial charge in [0.05, 0.1) is 17.8 Å². The summed E-state index contributed by atoms with van der Waals surface area (Å²) >= 11 is 7.53. The van der Waals surface area contributed by atoms with Crippen LogP contribution in [0, 0.1) is 0 Å². The maximum Gasteiger partial charge on any atom is 0.261 e. The van der Waals surface area contributed by atoms with Crippen molar-refractivity contribution in [2.75, 3.05) is 22.9 Å². The van der Waals surface area contributed by atoms with Crippen molar-refractivity contribution in [3.63, 3.8) is 0 Å². The first-order valence-electron chi connectivity index (χ1n) is 12.6. The number of thioether (sulfide) groups is 1. The Labute approximate surface area is 247 Å². The minimum absolute atomic E-state index is 0.0569. The smallest absolute Gasteiger partial charge is 0.261 e. The van der Waals surface area contributed by atoms with Gasteiger partial charge in [0.25, 0.3) is 15.9 Å². The SMILES string of the molecule is COc1ccc(NS(=O)(=O)c2ccc(NC(=O)c3ccc([C@H]4SCC(=O)N4Cc4ccc(Cl)cc4)cc3)cc2)cc1. The van der Waals surface area contributed by atoms with E-state index >= 15 is 0 Å². The fourth-order valence-corrected chi connectivity index (χ4v) is 6.65. The van der Waals surface area contributed by atoms with E-state index in [1.54, 1.807) is 60.3 Å². The number of carbonyl (C=O) groups is 2. The van der Waals surface area contributed by atoms with Gasteiger partial charge < -0.3 is 15.0 Å². The molecular weight excluding hydrogens is 582 g/mol. The van der Waals surface area contributed by atoms with E-state index in [0.29, 0.717) is 40.0 Å². The number of anilines is 2. The van der Waals surface area contributed by atoms with Gasteiger partial charge in [-0.1, -0.05) is 35.9 Å². The van der Waals surface area contributed by atoms with E-state index < -0.39 is 10.0 Å². The molecule has 41 heavy (non-hydrogen) atoms. The molecule has 1 fully saturated rings. The van der Waals surface area contributed by atoms with Crippen molar-refractivity contribution in [3.05, 3.63) is 119 Å². The lowest BCUT2D eigenvalue weighted by molar-refractivity contribution is -0.128. The average Bonchev–Trinajstić information content (AvgIpc) is 3.34. The lowest BCUT2D eigenvalue weighted by atomic mass is 10.1. The first-order chi connectivity index (χ1) is 19.7. The lowest BCUT2D eigenvalue weighted by Gasteiger charge is -2.24. The van der Waals surface area contributed by atoms with E-state index in [9.17, 15) is 18.0 Å². The zero-order chi connectivity index (χ0) is 29.0. The van der Waals surface area contributed by atoms with Gasteiger partial charge in [-0.3, -0.25) is 14.3 Å². The Morgan fingerprint density at radius 3 is 2.20 bits per heavy atom. The molecule has 1 atom stereocenters. The zero-order valence-electron chi connectivity index (χ0n) is 21.9. The first kappa shape index (κ1) is 28.5. The summed E-state index contributed by atoms with van der Waals surface area (Å²) in [5, 5.41) is 3.28. The van der Waals surface area contributed by atoms with Crippen LogP contribution in [0.15, 0.2) is 102 Å². The minimum atomic E-state index is -3.81. The third-order valence-electron chi connectivity index (χ3n) is 6.46.